The molecule has 1 aromatic heterocycles. The van der Waals surface area contributed by atoms with E-state index in [9.17, 15) is 4.39 Å². The molecule has 0 spiro atoms. The molecular formula is C26H20FN3. The van der Waals surface area contributed by atoms with Crippen molar-refractivity contribution < 1.29 is 4.39 Å². The third kappa shape index (κ3) is 3.22. The number of fused-ring (bicyclic) bond motifs is 2. The van der Waals surface area contributed by atoms with Crippen LogP contribution in [0.5, 0.6) is 0 Å². The van der Waals surface area contributed by atoms with Crippen LogP contribution in [-0.2, 0) is 6.54 Å². The zero-order chi connectivity index (χ0) is 20.5. The van der Waals surface area contributed by atoms with Gasteiger partial charge in [-0.1, -0.05) is 61.2 Å². The van der Waals surface area contributed by atoms with Crippen molar-refractivity contribution in [2.45, 2.75) is 6.54 Å². The second-order valence-electron chi connectivity index (χ2n) is 7.24. The van der Waals surface area contributed by atoms with E-state index >= 15 is 0 Å². The van der Waals surface area contributed by atoms with Gasteiger partial charge in [0.1, 0.15) is 5.82 Å². The molecule has 0 amide bonds. The molecule has 3 nitrogen and oxygen atoms in total. The van der Waals surface area contributed by atoms with Crippen molar-refractivity contribution in [3.63, 3.8) is 0 Å². The molecular weight excluding hydrogens is 373 g/mol. The molecule has 1 N–H and O–H groups in total. The minimum Gasteiger partial charge on any atom is -0.381 e. The number of hydrogen-bond acceptors (Lipinski definition) is 2. The van der Waals surface area contributed by atoms with E-state index in [1.807, 2.05) is 29.1 Å². The summed E-state index contributed by atoms with van der Waals surface area (Å²) in [7, 11) is 0. The van der Waals surface area contributed by atoms with Gasteiger partial charge in [0.25, 0.3) is 0 Å². The van der Waals surface area contributed by atoms with Crippen LogP contribution in [-0.4, -0.2) is 9.78 Å². The second-order valence-corrected chi connectivity index (χ2v) is 7.24. The highest BCUT2D eigenvalue weighted by atomic mass is 19.1. The summed E-state index contributed by atoms with van der Waals surface area (Å²) in [6, 6.07) is 27.1. The Morgan fingerprint density at radius 1 is 0.867 bits per heavy atom. The molecule has 0 saturated carbocycles. The smallest absolute Gasteiger partial charge is 0.123 e. The fourth-order valence-electron chi connectivity index (χ4n) is 3.85. The molecule has 0 aliphatic carbocycles. The van der Waals surface area contributed by atoms with Gasteiger partial charge >= 0.3 is 0 Å². The van der Waals surface area contributed by atoms with Crippen molar-refractivity contribution in [1.82, 2.24) is 15.1 Å². The summed E-state index contributed by atoms with van der Waals surface area (Å²) in [5.41, 5.74) is 4.84. The van der Waals surface area contributed by atoms with E-state index in [1.54, 1.807) is 12.1 Å². The van der Waals surface area contributed by atoms with E-state index in [0.29, 0.717) is 6.54 Å². The first-order chi connectivity index (χ1) is 14.7. The first kappa shape index (κ1) is 18.1. The number of nitrogens with one attached hydrogen (secondary N) is 1. The Bertz CT molecular complexity index is 1360. The Labute approximate surface area is 174 Å². The molecule has 30 heavy (non-hydrogen) atoms. The molecule has 4 aromatic carbocycles. The van der Waals surface area contributed by atoms with Gasteiger partial charge in [-0.05, 0) is 46.7 Å². The second kappa shape index (κ2) is 7.48. The third-order valence-electron chi connectivity index (χ3n) is 5.38. The van der Waals surface area contributed by atoms with Gasteiger partial charge in [-0.25, -0.2) is 9.07 Å². The summed E-state index contributed by atoms with van der Waals surface area (Å²) < 4.78 is 15.1. The highest BCUT2D eigenvalue weighted by Gasteiger charge is 2.11. The Kier molecular flexibility index (Phi) is 4.52. The van der Waals surface area contributed by atoms with Crippen LogP contribution in [0.1, 0.15) is 11.1 Å². The molecule has 0 aliphatic heterocycles. The monoisotopic (exact) mass is 393 g/mol. The van der Waals surface area contributed by atoms with Gasteiger partial charge in [0.2, 0.25) is 0 Å². The Hall–Kier alpha value is -3.92. The maximum atomic E-state index is 13.3. The lowest BCUT2D eigenvalue weighted by Gasteiger charge is -2.13. The molecule has 0 bridgehead atoms. The molecule has 0 aliphatic rings. The summed E-state index contributed by atoms with van der Waals surface area (Å²) in [4.78, 5) is 0. The van der Waals surface area contributed by atoms with Crippen molar-refractivity contribution in [2.75, 3.05) is 0 Å². The average molecular weight is 393 g/mol. The van der Waals surface area contributed by atoms with Gasteiger partial charge in [-0.15, -0.1) is 0 Å². The lowest BCUT2D eigenvalue weighted by atomic mass is 10.0. The van der Waals surface area contributed by atoms with Crippen LogP contribution in [0.3, 0.4) is 0 Å². The molecule has 0 radical (unpaired) electrons. The van der Waals surface area contributed by atoms with Crippen molar-refractivity contribution in [3.8, 4) is 5.69 Å². The summed E-state index contributed by atoms with van der Waals surface area (Å²) in [6.45, 7) is 4.95. The maximum absolute atomic E-state index is 13.3. The van der Waals surface area contributed by atoms with Crippen molar-refractivity contribution in [2.24, 2.45) is 0 Å². The molecule has 5 aromatic rings. The van der Waals surface area contributed by atoms with Gasteiger partial charge in [0.05, 0.1) is 17.4 Å². The minimum absolute atomic E-state index is 0.262. The van der Waals surface area contributed by atoms with Gasteiger partial charge in [0, 0.05) is 23.2 Å². The number of halogens is 1. The largest absolute Gasteiger partial charge is 0.381 e. The highest BCUT2D eigenvalue weighted by Crippen LogP contribution is 2.26. The van der Waals surface area contributed by atoms with Crippen LogP contribution in [0.2, 0.25) is 0 Å². The summed E-state index contributed by atoms with van der Waals surface area (Å²) >= 11 is 0. The highest BCUT2D eigenvalue weighted by molar-refractivity contribution is 5.92. The van der Waals surface area contributed by atoms with Gasteiger partial charge in [-0.3, -0.25) is 0 Å². The molecule has 0 unspecified atom stereocenters. The van der Waals surface area contributed by atoms with E-state index in [2.05, 4.69) is 59.5 Å². The quantitative estimate of drug-likeness (QED) is 0.392. The van der Waals surface area contributed by atoms with Crippen LogP contribution in [0.4, 0.5) is 4.39 Å². The zero-order valence-electron chi connectivity index (χ0n) is 16.3. The van der Waals surface area contributed by atoms with Crippen LogP contribution < -0.4 is 5.32 Å². The average Bonchev–Trinajstić information content (AvgIpc) is 3.22. The van der Waals surface area contributed by atoms with Crippen LogP contribution >= 0.6 is 0 Å². The topological polar surface area (TPSA) is 29.9 Å². The number of aromatic nitrogens is 2. The number of nitrogens with zero attached hydrogens (tertiary/aromatic N) is 2. The standard InChI is InChI=1S/C26H20FN3/c1-18(28-16-20-8-4-7-19-6-2-3-9-24(19)20)23-10-5-11-26-25(23)17-29-30(26)22-14-12-21(27)13-15-22/h2-15,17,28H,1,16H2. The SMILES string of the molecule is C=C(NCc1cccc2ccccc12)c1cccc2c1cnn2-c1ccc(F)cc1. The Morgan fingerprint density at radius 2 is 1.63 bits per heavy atom. The molecule has 146 valence electrons. The number of rotatable bonds is 5. The third-order valence-corrected chi connectivity index (χ3v) is 5.38. The molecule has 1 heterocycles. The molecule has 0 saturated heterocycles. The van der Waals surface area contributed by atoms with Crippen molar-refractivity contribution in [3.05, 3.63) is 115 Å². The lowest BCUT2D eigenvalue weighted by molar-refractivity contribution is 0.627. The van der Waals surface area contributed by atoms with Crippen LogP contribution in [0, 0.1) is 5.82 Å². The van der Waals surface area contributed by atoms with Crippen molar-refractivity contribution in [1.29, 1.82) is 0 Å². The number of benzene rings is 4. The van der Waals surface area contributed by atoms with Crippen molar-refractivity contribution >= 4 is 27.4 Å². The lowest BCUT2D eigenvalue weighted by Crippen LogP contribution is -2.11. The van der Waals surface area contributed by atoms with E-state index in [-0.39, 0.29) is 5.82 Å². The summed E-state index contributed by atoms with van der Waals surface area (Å²) in [5.74, 6) is -0.262. The van der Waals surface area contributed by atoms with Gasteiger partial charge in [-0.2, -0.15) is 5.10 Å². The van der Waals surface area contributed by atoms with Gasteiger partial charge < -0.3 is 5.32 Å². The summed E-state index contributed by atoms with van der Waals surface area (Å²) in [5, 5.41) is 11.5. The number of hydrogen-bond donors (Lipinski definition) is 1. The molecule has 4 heteroatoms. The van der Waals surface area contributed by atoms with E-state index in [4.69, 9.17) is 0 Å². The first-order valence-corrected chi connectivity index (χ1v) is 9.83. The van der Waals surface area contributed by atoms with E-state index < -0.39 is 0 Å². The fourth-order valence-corrected chi connectivity index (χ4v) is 3.85. The molecule has 5 rings (SSSR count). The van der Waals surface area contributed by atoms with Gasteiger partial charge in [0.15, 0.2) is 0 Å². The minimum atomic E-state index is -0.262. The normalized spacial score (nSPS) is 11.1. The maximum Gasteiger partial charge on any atom is 0.123 e. The Balaban J connectivity index is 1.44. The Morgan fingerprint density at radius 3 is 2.50 bits per heavy atom. The first-order valence-electron chi connectivity index (χ1n) is 9.83. The fraction of sp³-hybridized carbons (Fsp3) is 0.0385. The predicted octanol–water partition coefficient (Wildman–Crippen LogP) is 6.08. The van der Waals surface area contributed by atoms with Crippen LogP contribution in [0.15, 0.2) is 97.7 Å². The summed E-state index contributed by atoms with van der Waals surface area (Å²) in [6.07, 6.45) is 1.83. The van der Waals surface area contributed by atoms with Crippen LogP contribution in [0.25, 0.3) is 33.1 Å². The van der Waals surface area contributed by atoms with E-state index in [0.717, 1.165) is 27.9 Å². The zero-order valence-corrected chi connectivity index (χ0v) is 16.3. The molecule has 0 atom stereocenters. The predicted molar refractivity (Wildman–Crippen MR) is 121 cm³/mol. The van der Waals surface area contributed by atoms with E-state index in [1.165, 1.54) is 28.5 Å². The molecule has 0 fully saturated rings.